The lowest BCUT2D eigenvalue weighted by molar-refractivity contribution is 0.0946. The summed E-state index contributed by atoms with van der Waals surface area (Å²) in [7, 11) is -1.74. The summed E-state index contributed by atoms with van der Waals surface area (Å²) < 4.78 is 29.0. The van der Waals surface area contributed by atoms with Crippen LogP contribution in [0.15, 0.2) is 53.6 Å². The van der Waals surface area contributed by atoms with E-state index in [0.717, 1.165) is 22.0 Å². The first kappa shape index (κ1) is 23.1. The van der Waals surface area contributed by atoms with Crippen LogP contribution in [0.2, 0.25) is 0 Å². The normalized spacial score (nSPS) is 12.2. The zero-order chi connectivity index (χ0) is 23.8. The van der Waals surface area contributed by atoms with E-state index in [1.54, 1.807) is 28.8 Å². The quantitative estimate of drug-likeness (QED) is 0.412. The number of rotatable bonds is 8. The van der Waals surface area contributed by atoms with Crippen LogP contribution in [0.3, 0.4) is 0 Å². The Hall–Kier alpha value is -3.10. The number of nitrogens with one attached hydrogen (secondary N) is 2. The van der Waals surface area contributed by atoms with Gasteiger partial charge in [0.25, 0.3) is 5.91 Å². The third-order valence-corrected chi connectivity index (χ3v) is 8.24. The number of hydrogen-bond acceptors (Lipinski definition) is 3. The summed E-state index contributed by atoms with van der Waals surface area (Å²) in [5, 5.41) is 4.90. The van der Waals surface area contributed by atoms with E-state index in [2.05, 4.69) is 35.4 Å². The zero-order valence-corrected chi connectivity index (χ0v) is 20.3. The van der Waals surface area contributed by atoms with Gasteiger partial charge in [0, 0.05) is 54.7 Å². The number of carbonyl (C=O) groups excluding carboxylic acids is 1. The van der Waals surface area contributed by atoms with Gasteiger partial charge in [-0.1, -0.05) is 25.5 Å². The number of aromatic amines is 1. The Morgan fingerprint density at radius 2 is 1.85 bits per heavy atom. The largest absolute Gasteiger partial charge is 0.361 e. The number of fused-ring (bicyclic) bond motifs is 2. The Balaban J connectivity index is 1.52. The molecule has 4 rings (SSSR count). The van der Waals surface area contributed by atoms with Gasteiger partial charge >= 0.3 is 0 Å². The second kappa shape index (κ2) is 9.03. The van der Waals surface area contributed by atoms with Crippen molar-refractivity contribution in [1.82, 2.24) is 19.2 Å². The van der Waals surface area contributed by atoms with Crippen molar-refractivity contribution in [2.75, 3.05) is 19.6 Å². The molecule has 0 saturated heterocycles. The van der Waals surface area contributed by atoms with Gasteiger partial charge in [0.15, 0.2) is 0 Å². The first-order valence-electron chi connectivity index (χ1n) is 11.2. The number of aryl methyl sites for hydroxylation is 2. The topological polar surface area (TPSA) is 87.2 Å². The molecule has 7 nitrogen and oxygen atoms in total. The summed E-state index contributed by atoms with van der Waals surface area (Å²) >= 11 is 0. The van der Waals surface area contributed by atoms with E-state index in [9.17, 15) is 13.2 Å². The average Bonchev–Trinajstić information content (AvgIpc) is 3.34. The number of sulfonamides is 1. The molecular weight excluding hydrogens is 436 g/mol. The molecule has 33 heavy (non-hydrogen) atoms. The highest BCUT2D eigenvalue weighted by Crippen LogP contribution is 2.25. The first-order valence-corrected chi connectivity index (χ1v) is 12.6. The molecule has 0 aliphatic heterocycles. The van der Waals surface area contributed by atoms with Gasteiger partial charge in [0.1, 0.15) is 5.69 Å². The van der Waals surface area contributed by atoms with Crippen LogP contribution in [-0.4, -0.2) is 47.8 Å². The van der Waals surface area contributed by atoms with Crippen LogP contribution in [0, 0.1) is 6.92 Å². The van der Waals surface area contributed by atoms with E-state index in [1.165, 1.54) is 15.3 Å². The van der Waals surface area contributed by atoms with E-state index in [1.807, 2.05) is 27.1 Å². The molecular formula is C25H30N4O3S. The van der Waals surface area contributed by atoms with Crippen molar-refractivity contribution < 1.29 is 13.2 Å². The maximum Gasteiger partial charge on any atom is 0.267 e. The molecule has 2 N–H and O–H groups in total. The lowest BCUT2D eigenvalue weighted by atomic mass is 10.1. The molecule has 0 saturated carbocycles. The summed E-state index contributed by atoms with van der Waals surface area (Å²) in [6.07, 6.45) is 2.70. The number of amides is 1. The van der Waals surface area contributed by atoms with Crippen molar-refractivity contribution in [3.8, 4) is 0 Å². The minimum atomic E-state index is -3.56. The van der Waals surface area contributed by atoms with Crippen LogP contribution in [0.5, 0.6) is 0 Å². The highest BCUT2D eigenvalue weighted by molar-refractivity contribution is 7.89. The van der Waals surface area contributed by atoms with Gasteiger partial charge in [0.05, 0.1) is 4.90 Å². The van der Waals surface area contributed by atoms with Gasteiger partial charge in [-0.2, -0.15) is 4.31 Å². The lowest BCUT2D eigenvalue weighted by Gasteiger charge is -2.18. The molecule has 0 bridgehead atoms. The Morgan fingerprint density at radius 3 is 2.58 bits per heavy atom. The molecule has 0 unspecified atom stereocenters. The molecule has 0 aliphatic carbocycles. The van der Waals surface area contributed by atoms with Gasteiger partial charge < -0.3 is 14.9 Å². The fourth-order valence-corrected chi connectivity index (χ4v) is 5.81. The number of hydrogen-bond donors (Lipinski definition) is 2. The molecule has 174 valence electrons. The van der Waals surface area contributed by atoms with Gasteiger partial charge in [-0.3, -0.25) is 4.79 Å². The van der Waals surface area contributed by atoms with E-state index in [4.69, 9.17) is 0 Å². The molecule has 8 heteroatoms. The molecule has 0 fully saturated rings. The minimum absolute atomic E-state index is 0.183. The number of carbonyl (C=O) groups is 1. The SMILES string of the molecule is CCN(CC)S(=O)(=O)c1ccc2c(c1)cc(C(=O)NCCc1c[nH]c3ccc(C)cc13)n2C. The second-order valence-corrected chi connectivity index (χ2v) is 10.2. The number of H-pyrrole nitrogens is 1. The van der Waals surface area contributed by atoms with Crippen molar-refractivity contribution in [3.63, 3.8) is 0 Å². The molecule has 0 atom stereocenters. The molecule has 4 aromatic rings. The van der Waals surface area contributed by atoms with E-state index in [-0.39, 0.29) is 10.8 Å². The van der Waals surface area contributed by atoms with Crippen LogP contribution in [0.4, 0.5) is 0 Å². The molecule has 2 heterocycles. The van der Waals surface area contributed by atoms with E-state index < -0.39 is 10.0 Å². The molecule has 0 radical (unpaired) electrons. The van der Waals surface area contributed by atoms with Gasteiger partial charge in [0.2, 0.25) is 10.0 Å². The monoisotopic (exact) mass is 466 g/mol. The summed E-state index contributed by atoms with van der Waals surface area (Å²) in [5.41, 5.74) is 4.76. The Bertz CT molecular complexity index is 1430. The number of nitrogens with zero attached hydrogens (tertiary/aromatic N) is 2. The summed E-state index contributed by atoms with van der Waals surface area (Å²) in [6.45, 7) is 7.04. The smallest absolute Gasteiger partial charge is 0.267 e. The van der Waals surface area contributed by atoms with Crippen LogP contribution >= 0.6 is 0 Å². The third kappa shape index (κ3) is 4.28. The molecule has 2 aromatic carbocycles. The highest BCUT2D eigenvalue weighted by Gasteiger charge is 2.23. The highest BCUT2D eigenvalue weighted by atomic mass is 32.2. The average molecular weight is 467 g/mol. The molecule has 1 amide bonds. The van der Waals surface area contributed by atoms with Gasteiger partial charge in [-0.25, -0.2) is 8.42 Å². The predicted octanol–water partition coefficient (Wildman–Crippen LogP) is 3.97. The lowest BCUT2D eigenvalue weighted by Crippen LogP contribution is -2.30. The fraction of sp³-hybridized carbons (Fsp3) is 0.320. The van der Waals surface area contributed by atoms with E-state index in [0.29, 0.717) is 31.7 Å². The third-order valence-electron chi connectivity index (χ3n) is 6.19. The summed E-state index contributed by atoms with van der Waals surface area (Å²) in [5.74, 6) is -0.183. The second-order valence-electron chi connectivity index (χ2n) is 8.27. The zero-order valence-electron chi connectivity index (χ0n) is 19.5. The minimum Gasteiger partial charge on any atom is -0.361 e. The molecule has 2 aromatic heterocycles. The van der Waals surface area contributed by atoms with Crippen molar-refractivity contribution >= 4 is 37.7 Å². The maximum absolute atomic E-state index is 12.9. The Kier molecular flexibility index (Phi) is 6.32. The maximum atomic E-state index is 12.9. The van der Waals surface area contributed by atoms with Gasteiger partial charge in [-0.05, 0) is 55.3 Å². The summed E-state index contributed by atoms with van der Waals surface area (Å²) in [6, 6.07) is 13.1. The fourth-order valence-electron chi connectivity index (χ4n) is 4.32. The standard InChI is InChI=1S/C25H30N4O3S/c1-5-29(6-2)33(31,32)20-8-10-23-19(14-20)15-24(28(23)4)25(30)26-12-11-18-16-27-22-9-7-17(3)13-21(18)22/h7-10,13-16,27H,5-6,11-12H2,1-4H3,(H,26,30). The predicted molar refractivity (Wildman–Crippen MR) is 132 cm³/mol. The molecule has 0 aliphatic rings. The van der Waals surface area contributed by atoms with Crippen LogP contribution in [0.25, 0.3) is 21.8 Å². The van der Waals surface area contributed by atoms with Crippen LogP contribution in [-0.2, 0) is 23.5 Å². The summed E-state index contributed by atoms with van der Waals surface area (Å²) in [4.78, 5) is 16.4. The van der Waals surface area contributed by atoms with E-state index >= 15 is 0 Å². The van der Waals surface area contributed by atoms with Crippen LogP contribution < -0.4 is 5.32 Å². The van der Waals surface area contributed by atoms with Gasteiger partial charge in [-0.15, -0.1) is 0 Å². The number of aromatic nitrogens is 2. The van der Waals surface area contributed by atoms with Crippen molar-refractivity contribution in [2.24, 2.45) is 7.05 Å². The molecule has 0 spiro atoms. The first-order chi connectivity index (χ1) is 15.8. The van der Waals surface area contributed by atoms with Crippen molar-refractivity contribution in [1.29, 1.82) is 0 Å². The van der Waals surface area contributed by atoms with Crippen molar-refractivity contribution in [2.45, 2.75) is 32.1 Å². The Labute approximate surface area is 194 Å². The Morgan fingerprint density at radius 1 is 1.09 bits per heavy atom. The van der Waals surface area contributed by atoms with Crippen LogP contribution in [0.1, 0.15) is 35.5 Å². The number of benzene rings is 2. The van der Waals surface area contributed by atoms with Crippen molar-refractivity contribution in [3.05, 3.63) is 65.5 Å².